The topological polar surface area (TPSA) is 20.2 Å². The Morgan fingerprint density at radius 2 is 1.69 bits per heavy atom. The van der Waals surface area contributed by atoms with Gasteiger partial charge in [0.05, 0.1) is 6.10 Å². The molecule has 4 aliphatic rings. The first kappa shape index (κ1) is 22.5. The van der Waals surface area contributed by atoms with Crippen LogP contribution in [-0.4, -0.2) is 19.3 Å². The lowest BCUT2D eigenvalue weighted by atomic mass is 9.44. The van der Waals surface area contributed by atoms with Crippen molar-refractivity contribution in [3.05, 3.63) is 41.5 Å². The Balaban J connectivity index is 1.36. The van der Waals surface area contributed by atoms with Gasteiger partial charge in [-0.15, -0.1) is 5.54 Å². The smallest absolute Gasteiger partial charge is 0.129 e. The van der Waals surface area contributed by atoms with E-state index < -0.39 is 8.07 Å². The highest BCUT2D eigenvalue weighted by Gasteiger charge is 2.58. The molecule has 3 saturated carbocycles. The Morgan fingerprint density at radius 3 is 2.41 bits per heavy atom. The van der Waals surface area contributed by atoms with Crippen molar-refractivity contribution in [3.63, 3.8) is 0 Å². The number of hydrogen-bond donors (Lipinski definition) is 1. The van der Waals surface area contributed by atoms with Gasteiger partial charge in [-0.25, -0.2) is 0 Å². The first-order chi connectivity index (χ1) is 15.1. The number of allylic oxidation sites excluding steroid dienone is 2. The molecule has 7 atom stereocenters. The van der Waals surface area contributed by atoms with Crippen molar-refractivity contribution in [1.82, 2.24) is 0 Å². The van der Waals surface area contributed by atoms with Crippen molar-refractivity contribution in [2.45, 2.75) is 91.0 Å². The molecule has 3 fully saturated rings. The van der Waals surface area contributed by atoms with Gasteiger partial charge in [0.2, 0.25) is 0 Å². The minimum Gasteiger partial charge on any atom is -0.393 e. The Kier molecular flexibility index (Phi) is 5.54. The molecule has 4 aliphatic carbocycles. The molecule has 2 heteroatoms. The lowest BCUT2D eigenvalue weighted by Gasteiger charge is -2.60. The molecule has 32 heavy (non-hydrogen) atoms. The fourth-order valence-electron chi connectivity index (χ4n) is 8.24. The van der Waals surface area contributed by atoms with Crippen molar-refractivity contribution in [2.24, 2.45) is 34.5 Å². The van der Waals surface area contributed by atoms with Crippen LogP contribution in [-0.2, 0) is 0 Å². The molecule has 1 aromatic carbocycles. The van der Waals surface area contributed by atoms with Gasteiger partial charge in [-0.05, 0) is 109 Å². The van der Waals surface area contributed by atoms with Crippen LogP contribution in [0.1, 0.15) is 76.3 Å². The zero-order chi connectivity index (χ0) is 22.7. The first-order valence-corrected chi connectivity index (χ1v) is 16.6. The Labute approximate surface area is 197 Å². The van der Waals surface area contributed by atoms with Gasteiger partial charge < -0.3 is 5.11 Å². The maximum absolute atomic E-state index is 10.3. The van der Waals surface area contributed by atoms with Crippen LogP contribution in [0.25, 0.3) is 5.57 Å². The van der Waals surface area contributed by atoms with E-state index in [1.54, 1.807) is 5.57 Å². The van der Waals surface area contributed by atoms with Gasteiger partial charge in [-0.3, -0.25) is 0 Å². The minimum absolute atomic E-state index is 0.0448. The van der Waals surface area contributed by atoms with Crippen LogP contribution >= 0.6 is 0 Å². The summed E-state index contributed by atoms with van der Waals surface area (Å²) < 4.78 is 0. The summed E-state index contributed by atoms with van der Waals surface area (Å²) in [5.41, 5.74) is 8.47. The Bertz CT molecular complexity index is 957. The zero-order valence-electron chi connectivity index (χ0n) is 20.9. The normalized spacial score (nSPS) is 40.9. The predicted octanol–water partition coefficient (Wildman–Crippen LogP) is 7.31. The number of hydrogen-bond acceptors (Lipinski definition) is 1. The molecular formula is C30H42OSi. The molecule has 172 valence electrons. The second kappa shape index (κ2) is 7.88. The summed E-state index contributed by atoms with van der Waals surface area (Å²) >= 11 is 0. The molecule has 0 amide bonds. The average molecular weight is 447 g/mol. The third-order valence-electron chi connectivity index (χ3n) is 10.00. The third kappa shape index (κ3) is 3.74. The summed E-state index contributed by atoms with van der Waals surface area (Å²) in [5.74, 6) is 6.68. The molecule has 0 aliphatic heterocycles. The zero-order valence-corrected chi connectivity index (χ0v) is 21.9. The molecule has 0 unspecified atom stereocenters. The molecule has 1 N–H and O–H groups in total. The van der Waals surface area contributed by atoms with Gasteiger partial charge in [-0.1, -0.05) is 57.6 Å². The van der Waals surface area contributed by atoms with Crippen LogP contribution < -0.4 is 0 Å². The molecule has 0 heterocycles. The molecule has 1 nitrogen and oxygen atoms in total. The fourth-order valence-corrected chi connectivity index (χ4v) is 8.76. The lowest BCUT2D eigenvalue weighted by molar-refractivity contribution is -0.115. The van der Waals surface area contributed by atoms with E-state index in [2.05, 4.69) is 75.3 Å². The SMILES string of the molecule is C[C@]12CC[C@H](O)C[C@@H]1CC[C@@H]1[C@@H]2CC[C@]2(C)C(c3ccc(C#C[Si](C)(C)C)cc3)=CC[C@@H]12. The molecular weight excluding hydrogens is 404 g/mol. The predicted molar refractivity (Wildman–Crippen MR) is 138 cm³/mol. The van der Waals surface area contributed by atoms with Gasteiger partial charge in [0.15, 0.2) is 0 Å². The molecule has 0 saturated heterocycles. The lowest BCUT2D eigenvalue weighted by Crippen LogP contribution is -2.53. The molecule has 5 rings (SSSR count). The number of aliphatic hydroxyl groups is 1. The van der Waals surface area contributed by atoms with Crippen LogP contribution in [0.2, 0.25) is 19.6 Å². The summed E-state index contributed by atoms with van der Waals surface area (Å²) in [6.45, 7) is 12.1. The van der Waals surface area contributed by atoms with Crippen molar-refractivity contribution in [2.75, 3.05) is 0 Å². The van der Waals surface area contributed by atoms with E-state index in [0.29, 0.717) is 10.8 Å². The summed E-state index contributed by atoms with van der Waals surface area (Å²) in [5, 5.41) is 10.3. The van der Waals surface area contributed by atoms with Gasteiger partial charge in [0.25, 0.3) is 0 Å². The largest absolute Gasteiger partial charge is 0.393 e. The monoisotopic (exact) mass is 446 g/mol. The van der Waals surface area contributed by atoms with Crippen molar-refractivity contribution >= 4 is 13.6 Å². The standard InChI is InChI=1S/C30H42OSi/c1-29-17-14-24(31)20-23(29)10-11-25-27-13-12-26(30(27,2)18-15-28(25)29)22-8-6-21(7-9-22)16-19-32(3,4)5/h6-9,12,23-25,27-28,31H,10-11,13-15,17-18,20H2,1-5H3/t23-,24-,25-,27-,28-,29-,30+/m0/s1. The van der Waals surface area contributed by atoms with Crippen molar-refractivity contribution < 1.29 is 5.11 Å². The summed E-state index contributed by atoms with van der Waals surface area (Å²) in [7, 11) is -1.34. The average Bonchev–Trinajstić information content (AvgIpc) is 3.10. The fraction of sp³-hybridized carbons (Fsp3) is 0.667. The number of fused-ring (bicyclic) bond motifs is 5. The number of aliphatic hydroxyl groups excluding tert-OH is 1. The van der Waals surface area contributed by atoms with E-state index in [1.165, 1.54) is 44.1 Å². The van der Waals surface area contributed by atoms with Gasteiger partial charge in [-0.2, -0.15) is 0 Å². The van der Waals surface area contributed by atoms with Crippen LogP contribution in [0.3, 0.4) is 0 Å². The van der Waals surface area contributed by atoms with E-state index in [9.17, 15) is 5.11 Å². The van der Waals surface area contributed by atoms with Gasteiger partial charge in [0.1, 0.15) is 8.07 Å². The molecule has 0 spiro atoms. The second-order valence-electron chi connectivity index (χ2n) is 13.0. The Hall–Kier alpha value is -1.30. The highest BCUT2D eigenvalue weighted by molar-refractivity contribution is 6.83. The van der Waals surface area contributed by atoms with E-state index in [-0.39, 0.29) is 6.10 Å². The quantitative estimate of drug-likeness (QED) is 0.354. The summed E-state index contributed by atoms with van der Waals surface area (Å²) in [4.78, 5) is 0. The van der Waals surface area contributed by atoms with Crippen LogP contribution in [0.5, 0.6) is 0 Å². The van der Waals surface area contributed by atoms with Crippen LogP contribution in [0.4, 0.5) is 0 Å². The van der Waals surface area contributed by atoms with E-state index in [1.807, 2.05) is 0 Å². The molecule has 0 radical (unpaired) electrons. The molecule has 0 bridgehead atoms. The van der Waals surface area contributed by atoms with Crippen molar-refractivity contribution in [3.8, 4) is 11.5 Å². The van der Waals surface area contributed by atoms with Crippen LogP contribution in [0.15, 0.2) is 30.3 Å². The number of benzene rings is 1. The van der Waals surface area contributed by atoms with Crippen molar-refractivity contribution in [1.29, 1.82) is 0 Å². The summed E-state index contributed by atoms with van der Waals surface area (Å²) in [6.07, 6.45) is 12.5. The molecule has 0 aromatic heterocycles. The second-order valence-corrected chi connectivity index (χ2v) is 17.7. The highest BCUT2D eigenvalue weighted by Crippen LogP contribution is 2.67. The first-order valence-electron chi connectivity index (χ1n) is 13.1. The van der Waals surface area contributed by atoms with Crippen LogP contribution in [0, 0.1) is 46.0 Å². The van der Waals surface area contributed by atoms with Gasteiger partial charge >= 0.3 is 0 Å². The maximum atomic E-state index is 10.3. The Morgan fingerprint density at radius 1 is 0.938 bits per heavy atom. The van der Waals surface area contributed by atoms with Gasteiger partial charge in [0, 0.05) is 5.56 Å². The summed E-state index contributed by atoms with van der Waals surface area (Å²) in [6, 6.07) is 9.15. The highest BCUT2D eigenvalue weighted by atomic mass is 28.3. The molecule has 1 aromatic rings. The van der Waals surface area contributed by atoms with E-state index in [0.717, 1.165) is 42.1 Å². The van der Waals surface area contributed by atoms with E-state index >= 15 is 0 Å². The number of rotatable bonds is 1. The third-order valence-corrected chi connectivity index (χ3v) is 10.9. The maximum Gasteiger partial charge on any atom is 0.129 e. The van der Waals surface area contributed by atoms with E-state index in [4.69, 9.17) is 0 Å². The minimum atomic E-state index is -1.34.